The molecule has 0 aliphatic rings. The third-order valence-corrected chi connectivity index (χ3v) is 3.83. The SMILES string of the molecule is COc1ccc(Br)cc1C=NNC(=O)COc1c(C)cccc1C. The predicted molar refractivity (Wildman–Crippen MR) is 97.8 cm³/mol. The maximum absolute atomic E-state index is 11.9. The van der Waals surface area contributed by atoms with Crippen molar-refractivity contribution in [3.8, 4) is 11.5 Å². The highest BCUT2D eigenvalue weighted by atomic mass is 79.9. The summed E-state index contributed by atoms with van der Waals surface area (Å²) in [5.74, 6) is 1.07. The molecular formula is C18H19BrN2O3. The number of benzene rings is 2. The minimum atomic E-state index is -0.331. The van der Waals surface area contributed by atoms with Crippen molar-refractivity contribution in [1.29, 1.82) is 0 Å². The summed E-state index contributed by atoms with van der Waals surface area (Å²) in [7, 11) is 1.58. The van der Waals surface area contributed by atoms with Crippen LogP contribution >= 0.6 is 15.9 Å². The number of methoxy groups -OCH3 is 1. The van der Waals surface area contributed by atoms with Gasteiger partial charge in [-0.25, -0.2) is 5.43 Å². The lowest BCUT2D eigenvalue weighted by molar-refractivity contribution is -0.123. The van der Waals surface area contributed by atoms with Gasteiger partial charge >= 0.3 is 0 Å². The van der Waals surface area contributed by atoms with Crippen LogP contribution in [0, 0.1) is 13.8 Å². The van der Waals surface area contributed by atoms with Crippen molar-refractivity contribution >= 4 is 28.1 Å². The van der Waals surface area contributed by atoms with E-state index in [2.05, 4.69) is 26.5 Å². The molecule has 2 rings (SSSR count). The summed E-state index contributed by atoms with van der Waals surface area (Å²) in [4.78, 5) is 11.9. The highest BCUT2D eigenvalue weighted by Gasteiger charge is 2.07. The van der Waals surface area contributed by atoms with Gasteiger partial charge in [0.05, 0.1) is 13.3 Å². The third kappa shape index (κ3) is 4.83. The van der Waals surface area contributed by atoms with E-state index < -0.39 is 0 Å². The first kappa shape index (κ1) is 18.0. The second-order valence-corrected chi connectivity index (χ2v) is 6.10. The first-order valence-corrected chi connectivity index (χ1v) is 8.15. The maximum atomic E-state index is 11.9. The van der Waals surface area contributed by atoms with E-state index in [9.17, 15) is 4.79 Å². The molecule has 2 aromatic rings. The largest absolute Gasteiger partial charge is 0.496 e. The van der Waals surface area contributed by atoms with E-state index >= 15 is 0 Å². The van der Waals surface area contributed by atoms with Gasteiger partial charge < -0.3 is 9.47 Å². The van der Waals surface area contributed by atoms with E-state index in [0.717, 1.165) is 26.9 Å². The van der Waals surface area contributed by atoms with E-state index in [1.54, 1.807) is 7.11 Å². The van der Waals surface area contributed by atoms with Gasteiger partial charge in [-0.05, 0) is 43.2 Å². The van der Waals surface area contributed by atoms with Crippen molar-refractivity contribution in [3.05, 3.63) is 57.6 Å². The number of carbonyl (C=O) groups is 1. The van der Waals surface area contributed by atoms with Crippen LogP contribution in [0.3, 0.4) is 0 Å². The molecule has 0 fully saturated rings. The molecular weight excluding hydrogens is 372 g/mol. The molecule has 0 atom stereocenters. The number of carbonyl (C=O) groups excluding carboxylic acids is 1. The van der Waals surface area contributed by atoms with E-state index in [0.29, 0.717) is 5.75 Å². The number of halogens is 1. The van der Waals surface area contributed by atoms with Gasteiger partial charge in [-0.15, -0.1) is 0 Å². The lowest BCUT2D eigenvalue weighted by atomic mass is 10.1. The summed E-state index contributed by atoms with van der Waals surface area (Å²) >= 11 is 3.39. The number of aryl methyl sites for hydroxylation is 2. The minimum Gasteiger partial charge on any atom is -0.496 e. The molecule has 2 aromatic carbocycles. The molecule has 0 saturated heterocycles. The van der Waals surface area contributed by atoms with Crippen molar-refractivity contribution in [2.75, 3.05) is 13.7 Å². The normalized spacial score (nSPS) is 10.7. The van der Waals surface area contributed by atoms with Gasteiger partial charge in [-0.3, -0.25) is 4.79 Å². The number of ether oxygens (including phenoxy) is 2. The highest BCUT2D eigenvalue weighted by Crippen LogP contribution is 2.22. The van der Waals surface area contributed by atoms with Gasteiger partial charge in [0.15, 0.2) is 6.61 Å². The number of hydrogen-bond donors (Lipinski definition) is 1. The van der Waals surface area contributed by atoms with Crippen molar-refractivity contribution in [1.82, 2.24) is 5.43 Å². The molecule has 24 heavy (non-hydrogen) atoms. The number of hydrazone groups is 1. The first-order valence-electron chi connectivity index (χ1n) is 7.35. The van der Waals surface area contributed by atoms with Gasteiger partial charge in [-0.2, -0.15) is 5.10 Å². The Balaban J connectivity index is 1.93. The zero-order valence-corrected chi connectivity index (χ0v) is 15.4. The molecule has 6 heteroatoms. The van der Waals surface area contributed by atoms with E-state index in [1.807, 2.05) is 50.2 Å². The number of nitrogens with one attached hydrogen (secondary N) is 1. The van der Waals surface area contributed by atoms with E-state index in [1.165, 1.54) is 6.21 Å². The van der Waals surface area contributed by atoms with Gasteiger partial charge in [0.2, 0.25) is 0 Å². The zero-order valence-electron chi connectivity index (χ0n) is 13.8. The fraction of sp³-hybridized carbons (Fsp3) is 0.222. The molecule has 1 N–H and O–H groups in total. The first-order chi connectivity index (χ1) is 11.5. The Morgan fingerprint density at radius 2 is 1.96 bits per heavy atom. The van der Waals surface area contributed by atoms with E-state index in [-0.39, 0.29) is 12.5 Å². The molecule has 0 aliphatic heterocycles. The summed E-state index contributed by atoms with van der Waals surface area (Å²) in [5, 5.41) is 3.94. The van der Waals surface area contributed by atoms with Gasteiger partial charge in [-0.1, -0.05) is 34.1 Å². The van der Waals surface area contributed by atoms with Crippen LogP contribution in [0.5, 0.6) is 11.5 Å². The predicted octanol–water partition coefficient (Wildman–Crippen LogP) is 3.60. The second-order valence-electron chi connectivity index (χ2n) is 5.19. The van der Waals surface area contributed by atoms with Gasteiger partial charge in [0.1, 0.15) is 11.5 Å². The second kappa shape index (κ2) is 8.49. The summed E-state index contributed by atoms with van der Waals surface area (Å²) < 4.78 is 11.7. The quantitative estimate of drug-likeness (QED) is 0.605. The fourth-order valence-corrected chi connectivity index (χ4v) is 2.56. The lowest BCUT2D eigenvalue weighted by Gasteiger charge is -2.10. The Hall–Kier alpha value is -2.34. The third-order valence-electron chi connectivity index (χ3n) is 3.34. The van der Waals surface area contributed by atoms with Crippen LogP contribution in [-0.4, -0.2) is 25.8 Å². The number of amides is 1. The molecule has 0 aromatic heterocycles. The summed E-state index contributed by atoms with van der Waals surface area (Å²) in [5.41, 5.74) is 5.18. The molecule has 0 radical (unpaired) electrons. The molecule has 0 heterocycles. The van der Waals surface area contributed by atoms with Gasteiger partial charge in [0.25, 0.3) is 5.91 Å². The molecule has 1 amide bonds. The molecule has 0 unspecified atom stereocenters. The van der Waals surface area contributed by atoms with Crippen LogP contribution in [0.1, 0.15) is 16.7 Å². The summed E-state index contributed by atoms with van der Waals surface area (Å²) in [6, 6.07) is 11.4. The number of rotatable bonds is 6. The Morgan fingerprint density at radius 1 is 1.25 bits per heavy atom. The Bertz CT molecular complexity index is 740. The zero-order chi connectivity index (χ0) is 17.5. The average Bonchev–Trinajstić information content (AvgIpc) is 2.54. The monoisotopic (exact) mass is 390 g/mol. The molecule has 126 valence electrons. The average molecular weight is 391 g/mol. The van der Waals surface area contributed by atoms with Crippen LogP contribution in [0.4, 0.5) is 0 Å². The van der Waals surface area contributed by atoms with Crippen molar-refractivity contribution in [2.45, 2.75) is 13.8 Å². The molecule has 0 saturated carbocycles. The van der Waals surface area contributed by atoms with Crippen molar-refractivity contribution in [2.24, 2.45) is 5.10 Å². The fourth-order valence-electron chi connectivity index (χ4n) is 2.18. The molecule has 5 nitrogen and oxygen atoms in total. The molecule has 0 spiro atoms. The lowest BCUT2D eigenvalue weighted by Crippen LogP contribution is -2.25. The number of nitrogens with zero attached hydrogens (tertiary/aromatic N) is 1. The van der Waals surface area contributed by atoms with Crippen molar-refractivity contribution < 1.29 is 14.3 Å². The Labute approximate surface area is 149 Å². The summed E-state index contributed by atoms with van der Waals surface area (Å²) in [6.45, 7) is 3.79. The van der Waals surface area contributed by atoms with Crippen LogP contribution < -0.4 is 14.9 Å². The topological polar surface area (TPSA) is 59.9 Å². The highest BCUT2D eigenvalue weighted by molar-refractivity contribution is 9.10. The maximum Gasteiger partial charge on any atom is 0.277 e. The van der Waals surface area contributed by atoms with Crippen LogP contribution in [-0.2, 0) is 4.79 Å². The van der Waals surface area contributed by atoms with Crippen molar-refractivity contribution in [3.63, 3.8) is 0 Å². The summed E-state index contributed by atoms with van der Waals surface area (Å²) in [6.07, 6.45) is 1.53. The van der Waals surface area contributed by atoms with Crippen LogP contribution in [0.15, 0.2) is 46.0 Å². The minimum absolute atomic E-state index is 0.0986. The van der Waals surface area contributed by atoms with Crippen LogP contribution in [0.25, 0.3) is 0 Å². The molecule has 0 aliphatic carbocycles. The molecule has 0 bridgehead atoms. The Morgan fingerprint density at radius 3 is 2.62 bits per heavy atom. The number of para-hydroxylation sites is 1. The van der Waals surface area contributed by atoms with Crippen LogP contribution in [0.2, 0.25) is 0 Å². The number of hydrogen-bond acceptors (Lipinski definition) is 4. The Kier molecular flexibility index (Phi) is 6.37. The van der Waals surface area contributed by atoms with E-state index in [4.69, 9.17) is 9.47 Å². The standard InChI is InChI=1S/C18H19BrN2O3/c1-12-5-4-6-13(2)18(12)24-11-17(22)21-20-10-14-9-15(19)7-8-16(14)23-3/h4-10H,11H2,1-3H3,(H,21,22). The van der Waals surface area contributed by atoms with Gasteiger partial charge in [0, 0.05) is 10.0 Å². The smallest absolute Gasteiger partial charge is 0.277 e.